The summed E-state index contributed by atoms with van der Waals surface area (Å²) in [6.07, 6.45) is 4.72. The van der Waals surface area contributed by atoms with Crippen LogP contribution in [-0.4, -0.2) is 49.1 Å². The molecule has 0 bridgehead atoms. The van der Waals surface area contributed by atoms with E-state index in [4.69, 9.17) is 4.74 Å². The van der Waals surface area contributed by atoms with Gasteiger partial charge in [-0.2, -0.15) is 0 Å². The average Bonchev–Trinajstić information content (AvgIpc) is 3.35. The molecule has 2 amide bonds. The summed E-state index contributed by atoms with van der Waals surface area (Å²) in [4.78, 5) is 29.7. The van der Waals surface area contributed by atoms with Crippen molar-refractivity contribution < 1.29 is 14.3 Å². The number of nitrogens with zero attached hydrogens (tertiary/aromatic N) is 1. The fourth-order valence-corrected chi connectivity index (χ4v) is 5.72. The Morgan fingerprint density at radius 2 is 2.06 bits per heavy atom. The third kappa shape index (κ3) is 4.85. The van der Waals surface area contributed by atoms with E-state index >= 15 is 0 Å². The number of likely N-dealkylation sites (tertiary alicyclic amines) is 1. The van der Waals surface area contributed by atoms with Crippen LogP contribution in [0.1, 0.15) is 44.6 Å². The van der Waals surface area contributed by atoms with Gasteiger partial charge in [-0.15, -0.1) is 11.3 Å². The fourth-order valence-electron chi connectivity index (χ4n) is 4.93. The van der Waals surface area contributed by atoms with Gasteiger partial charge in [-0.25, -0.2) is 0 Å². The van der Waals surface area contributed by atoms with E-state index in [0.29, 0.717) is 32.7 Å². The van der Waals surface area contributed by atoms with Crippen molar-refractivity contribution in [2.75, 3.05) is 26.2 Å². The summed E-state index contributed by atoms with van der Waals surface area (Å²) in [5, 5.41) is 5.14. The van der Waals surface area contributed by atoms with E-state index in [-0.39, 0.29) is 17.9 Å². The molecule has 1 aromatic heterocycles. The molecule has 0 aliphatic carbocycles. The molecule has 2 fully saturated rings. The first-order valence-corrected chi connectivity index (χ1v) is 12.3. The molecule has 166 valence electrons. The maximum atomic E-state index is 13.4. The van der Waals surface area contributed by atoms with Crippen LogP contribution in [0.4, 0.5) is 0 Å². The molecule has 2 aromatic rings. The molecule has 4 rings (SSSR count). The highest BCUT2D eigenvalue weighted by molar-refractivity contribution is 7.13. The Kier molecular flexibility index (Phi) is 7.08. The molecular formula is C25H32N2O3S. The van der Waals surface area contributed by atoms with Crippen LogP contribution in [0.5, 0.6) is 0 Å². The third-order valence-corrected chi connectivity index (χ3v) is 7.40. The van der Waals surface area contributed by atoms with Gasteiger partial charge in [0.1, 0.15) is 6.10 Å². The van der Waals surface area contributed by atoms with Gasteiger partial charge in [0.25, 0.3) is 5.91 Å². The Morgan fingerprint density at radius 1 is 1.19 bits per heavy atom. The molecular weight excluding hydrogens is 408 g/mol. The molecule has 0 unspecified atom stereocenters. The minimum Gasteiger partial charge on any atom is -0.368 e. The molecule has 5 nitrogen and oxygen atoms in total. The molecule has 31 heavy (non-hydrogen) atoms. The van der Waals surface area contributed by atoms with Crippen molar-refractivity contribution in [3.05, 3.63) is 47.3 Å². The SMILES string of the molecule is CCNC(=O)[C@]1(Cc2ccccc2-c2cccs2)CCCN(C(=O)[C@@H]2CCCCO2)C1. The molecule has 0 spiro atoms. The maximum absolute atomic E-state index is 13.4. The molecule has 0 saturated carbocycles. The smallest absolute Gasteiger partial charge is 0.251 e. The Morgan fingerprint density at radius 3 is 2.81 bits per heavy atom. The van der Waals surface area contributed by atoms with Gasteiger partial charge in [0, 0.05) is 31.1 Å². The van der Waals surface area contributed by atoms with E-state index in [1.54, 1.807) is 11.3 Å². The number of hydrogen-bond acceptors (Lipinski definition) is 4. The summed E-state index contributed by atoms with van der Waals surface area (Å²) in [6, 6.07) is 12.5. The lowest BCUT2D eigenvalue weighted by atomic mass is 9.73. The van der Waals surface area contributed by atoms with Crippen LogP contribution in [0, 0.1) is 5.41 Å². The Labute approximate surface area is 188 Å². The summed E-state index contributed by atoms with van der Waals surface area (Å²) in [5.74, 6) is 0.109. The fraction of sp³-hybridized carbons (Fsp3) is 0.520. The Hall–Kier alpha value is -2.18. The van der Waals surface area contributed by atoms with Gasteiger partial charge in [-0.05, 0) is 68.0 Å². The number of nitrogens with one attached hydrogen (secondary N) is 1. The predicted octanol–water partition coefficient (Wildman–Crippen LogP) is 4.27. The zero-order chi connectivity index (χ0) is 21.7. The molecule has 1 aromatic carbocycles. The molecule has 2 saturated heterocycles. The van der Waals surface area contributed by atoms with E-state index < -0.39 is 5.41 Å². The van der Waals surface area contributed by atoms with Gasteiger partial charge in [0.05, 0.1) is 5.41 Å². The minimum absolute atomic E-state index is 0.0537. The molecule has 2 aliphatic rings. The van der Waals surface area contributed by atoms with E-state index in [1.165, 1.54) is 16.0 Å². The summed E-state index contributed by atoms with van der Waals surface area (Å²) in [5.41, 5.74) is 1.73. The standard InChI is InChI=1S/C25H32N2O3S/c1-2-26-24(29)25(17-19-9-3-4-10-20(19)22-12-7-16-31-22)13-8-14-27(18-25)23(28)21-11-5-6-15-30-21/h3-4,7,9-10,12,16,21H,2,5-6,8,11,13-15,17-18H2,1H3,(H,26,29)/t21-,25-/m0/s1. The van der Waals surface area contributed by atoms with Gasteiger partial charge in [0.15, 0.2) is 0 Å². The minimum atomic E-state index is -0.619. The lowest BCUT2D eigenvalue weighted by Gasteiger charge is -2.43. The van der Waals surface area contributed by atoms with Crippen LogP contribution in [0.3, 0.4) is 0 Å². The quantitative estimate of drug-likeness (QED) is 0.730. The number of hydrogen-bond donors (Lipinski definition) is 1. The second-order valence-corrected chi connectivity index (χ2v) is 9.62. The van der Waals surface area contributed by atoms with Gasteiger partial charge in [0.2, 0.25) is 5.91 Å². The second kappa shape index (κ2) is 9.96. The maximum Gasteiger partial charge on any atom is 0.251 e. The predicted molar refractivity (Wildman–Crippen MR) is 124 cm³/mol. The van der Waals surface area contributed by atoms with Crippen LogP contribution >= 0.6 is 11.3 Å². The van der Waals surface area contributed by atoms with Crippen molar-refractivity contribution in [3.63, 3.8) is 0 Å². The number of carbonyl (C=O) groups is 2. The van der Waals surface area contributed by atoms with E-state index in [1.807, 2.05) is 17.9 Å². The molecule has 6 heteroatoms. The second-order valence-electron chi connectivity index (χ2n) is 8.67. The lowest BCUT2D eigenvalue weighted by Crippen LogP contribution is -2.56. The van der Waals surface area contributed by atoms with Crippen molar-refractivity contribution in [2.45, 2.75) is 51.6 Å². The van der Waals surface area contributed by atoms with Crippen LogP contribution < -0.4 is 5.32 Å². The van der Waals surface area contributed by atoms with Gasteiger partial charge in [-0.3, -0.25) is 9.59 Å². The van der Waals surface area contributed by atoms with E-state index in [0.717, 1.165) is 32.1 Å². The molecule has 2 atom stereocenters. The molecule has 2 aliphatic heterocycles. The van der Waals surface area contributed by atoms with Crippen molar-refractivity contribution in [3.8, 4) is 10.4 Å². The first-order chi connectivity index (χ1) is 15.1. The topological polar surface area (TPSA) is 58.6 Å². The summed E-state index contributed by atoms with van der Waals surface area (Å²) < 4.78 is 5.77. The van der Waals surface area contributed by atoms with Crippen LogP contribution in [0.25, 0.3) is 10.4 Å². The number of carbonyl (C=O) groups excluding carboxylic acids is 2. The Balaban J connectivity index is 1.62. The highest BCUT2D eigenvalue weighted by Crippen LogP contribution is 2.38. The summed E-state index contributed by atoms with van der Waals surface area (Å²) in [6.45, 7) is 4.35. The van der Waals surface area contributed by atoms with E-state index in [9.17, 15) is 9.59 Å². The van der Waals surface area contributed by atoms with Crippen LogP contribution in [0.2, 0.25) is 0 Å². The first-order valence-electron chi connectivity index (χ1n) is 11.4. The Bertz CT molecular complexity index is 892. The molecule has 0 radical (unpaired) electrons. The van der Waals surface area contributed by atoms with Gasteiger partial charge < -0.3 is 15.0 Å². The zero-order valence-corrected chi connectivity index (χ0v) is 19.1. The molecule has 1 N–H and O–H groups in total. The number of rotatable bonds is 6. The average molecular weight is 441 g/mol. The highest BCUT2D eigenvalue weighted by atomic mass is 32.1. The van der Waals surface area contributed by atoms with Gasteiger partial charge >= 0.3 is 0 Å². The normalized spacial score (nSPS) is 24.0. The van der Waals surface area contributed by atoms with Crippen molar-refractivity contribution in [2.24, 2.45) is 5.41 Å². The third-order valence-electron chi connectivity index (χ3n) is 6.50. The molecule has 3 heterocycles. The highest BCUT2D eigenvalue weighted by Gasteiger charge is 2.44. The van der Waals surface area contributed by atoms with Crippen molar-refractivity contribution in [1.29, 1.82) is 0 Å². The number of amides is 2. The number of piperidine rings is 1. The monoisotopic (exact) mass is 440 g/mol. The first kappa shape index (κ1) is 22.0. The number of benzene rings is 1. The largest absolute Gasteiger partial charge is 0.368 e. The lowest BCUT2D eigenvalue weighted by molar-refractivity contribution is -0.152. The number of ether oxygens (including phenoxy) is 1. The van der Waals surface area contributed by atoms with Gasteiger partial charge in [-0.1, -0.05) is 30.3 Å². The summed E-state index contributed by atoms with van der Waals surface area (Å²) >= 11 is 1.71. The van der Waals surface area contributed by atoms with Crippen molar-refractivity contribution >= 4 is 23.2 Å². The van der Waals surface area contributed by atoms with Crippen molar-refractivity contribution in [1.82, 2.24) is 10.2 Å². The van der Waals surface area contributed by atoms with Crippen LogP contribution in [0.15, 0.2) is 41.8 Å². The van der Waals surface area contributed by atoms with E-state index in [2.05, 4.69) is 41.0 Å². The zero-order valence-electron chi connectivity index (χ0n) is 18.3. The number of thiophene rings is 1. The summed E-state index contributed by atoms with van der Waals surface area (Å²) in [7, 11) is 0. The van der Waals surface area contributed by atoms with Crippen LogP contribution in [-0.2, 0) is 20.7 Å².